The fourth-order valence-corrected chi connectivity index (χ4v) is 4.16. The highest BCUT2D eigenvalue weighted by molar-refractivity contribution is 5.99. The zero-order chi connectivity index (χ0) is 25.7. The normalized spacial score (nSPS) is 12.2. The third-order valence-electron chi connectivity index (χ3n) is 6.04. The number of nitrogens with zero attached hydrogens (tertiary/aromatic N) is 3. The number of ether oxygens (including phenoxy) is 1. The van der Waals surface area contributed by atoms with E-state index in [1.807, 2.05) is 49.4 Å². The summed E-state index contributed by atoms with van der Waals surface area (Å²) in [4.78, 5) is 22.5. The van der Waals surface area contributed by atoms with Gasteiger partial charge < -0.3 is 15.1 Å². The molecule has 0 unspecified atom stereocenters. The van der Waals surface area contributed by atoms with E-state index >= 15 is 0 Å². The van der Waals surface area contributed by atoms with Crippen molar-refractivity contribution in [2.45, 2.75) is 19.3 Å². The van der Waals surface area contributed by atoms with Crippen LogP contribution in [-0.4, -0.2) is 32.0 Å². The summed E-state index contributed by atoms with van der Waals surface area (Å²) in [7, 11) is 1.55. The van der Waals surface area contributed by atoms with Crippen LogP contribution in [-0.2, 0) is 7.05 Å². The Bertz CT molecular complexity index is 1460. The monoisotopic (exact) mass is 483 g/mol. The first-order chi connectivity index (χ1) is 17.4. The molecule has 0 radical (unpaired) electrons. The molecule has 0 aliphatic heterocycles. The summed E-state index contributed by atoms with van der Waals surface area (Å²) in [6, 6.07) is 25.9. The summed E-state index contributed by atoms with van der Waals surface area (Å²) < 4.78 is 5.89. The lowest BCUT2D eigenvalue weighted by atomic mass is 9.83. The van der Waals surface area contributed by atoms with Crippen molar-refractivity contribution in [2.24, 2.45) is 12.2 Å². The molecule has 1 atom stereocenters. The molecule has 182 valence electrons. The maximum Gasteiger partial charge on any atom is 0.511 e. The molecule has 0 amide bonds. The number of hydrogen-bond acceptors (Lipinski definition) is 6. The molecule has 0 bridgehead atoms. The molecule has 0 fully saturated rings. The molecular weight excluding hydrogens is 458 g/mol. The Morgan fingerprint density at radius 2 is 1.61 bits per heavy atom. The van der Waals surface area contributed by atoms with E-state index in [1.54, 1.807) is 37.4 Å². The summed E-state index contributed by atoms with van der Waals surface area (Å²) >= 11 is 0. The molecule has 1 aromatic heterocycles. The van der Waals surface area contributed by atoms with Gasteiger partial charge in [-0.1, -0.05) is 65.8 Å². The van der Waals surface area contributed by atoms with E-state index in [0.717, 1.165) is 27.8 Å². The molecule has 4 aromatic rings. The number of oxime groups is 1. The van der Waals surface area contributed by atoms with Crippen molar-refractivity contribution in [3.8, 4) is 16.9 Å². The predicted octanol–water partition coefficient (Wildman–Crippen LogP) is 5.21. The average Bonchev–Trinajstić information content (AvgIpc) is 2.88. The summed E-state index contributed by atoms with van der Waals surface area (Å²) in [5, 5.41) is 26.4. The highest BCUT2D eigenvalue weighted by Gasteiger charge is 2.21. The van der Waals surface area contributed by atoms with E-state index < -0.39 is 6.16 Å². The van der Waals surface area contributed by atoms with Gasteiger partial charge >= 0.3 is 6.16 Å². The fraction of sp³-hybridized carbons (Fsp3) is 0.143. The lowest BCUT2D eigenvalue weighted by Crippen LogP contribution is -2.22. The number of carboxylic acid groups (broad SMARTS) is 1. The van der Waals surface area contributed by atoms with Gasteiger partial charge in [-0.15, -0.1) is 0 Å². The molecule has 0 aliphatic rings. The van der Waals surface area contributed by atoms with Gasteiger partial charge in [-0.05, 0) is 52.9 Å². The highest BCUT2D eigenvalue weighted by atomic mass is 16.7. The van der Waals surface area contributed by atoms with Crippen LogP contribution >= 0.6 is 0 Å². The zero-order valence-corrected chi connectivity index (χ0v) is 19.8. The number of aryl methyl sites for hydroxylation is 2. The number of carbonyl (C=O) groups is 1. The van der Waals surface area contributed by atoms with Crippen molar-refractivity contribution in [3.05, 3.63) is 118 Å². The SMILES string of the molecule is Cc1ccccc1[C@H](C/C(=N\O)c1ccc(=O)n(C)n1)c1ccc(-c2ccc(OC(=O)O)cc2)cc1. The van der Waals surface area contributed by atoms with E-state index in [9.17, 15) is 14.8 Å². The standard InChI is InChI=1S/C28H25N3O5/c1-18-5-3-4-6-23(18)24(17-26(30-35)25-15-16-27(32)31(2)29-25)21-9-7-19(8-10-21)20-11-13-22(14-12-20)36-28(33)34/h3-16,24,35H,17H2,1-2H3,(H,33,34)/b30-26+/t24-/m1/s1. The largest absolute Gasteiger partial charge is 0.511 e. The third-order valence-corrected chi connectivity index (χ3v) is 6.04. The first-order valence-electron chi connectivity index (χ1n) is 11.3. The molecule has 1 heterocycles. The van der Waals surface area contributed by atoms with Gasteiger partial charge in [-0.25, -0.2) is 9.48 Å². The Kier molecular flexibility index (Phi) is 7.25. The molecule has 3 aromatic carbocycles. The highest BCUT2D eigenvalue weighted by Crippen LogP contribution is 2.33. The first kappa shape index (κ1) is 24.4. The molecule has 0 saturated carbocycles. The van der Waals surface area contributed by atoms with E-state index in [4.69, 9.17) is 5.11 Å². The van der Waals surface area contributed by atoms with Gasteiger partial charge in [-0.2, -0.15) is 5.10 Å². The molecule has 8 heteroatoms. The second kappa shape index (κ2) is 10.7. The van der Waals surface area contributed by atoms with Crippen LogP contribution in [0, 0.1) is 6.92 Å². The van der Waals surface area contributed by atoms with Crippen LogP contribution in [0.4, 0.5) is 4.79 Å². The Morgan fingerprint density at radius 3 is 2.19 bits per heavy atom. The van der Waals surface area contributed by atoms with Gasteiger partial charge in [-0.3, -0.25) is 4.79 Å². The molecule has 0 aliphatic carbocycles. The Labute approximate surface area is 207 Å². The Hall–Kier alpha value is -4.72. The molecule has 8 nitrogen and oxygen atoms in total. The minimum absolute atomic E-state index is 0.128. The molecule has 36 heavy (non-hydrogen) atoms. The van der Waals surface area contributed by atoms with Crippen molar-refractivity contribution in [3.63, 3.8) is 0 Å². The van der Waals surface area contributed by atoms with Crippen molar-refractivity contribution in [1.29, 1.82) is 0 Å². The fourth-order valence-electron chi connectivity index (χ4n) is 4.16. The smallest absolute Gasteiger partial charge is 0.449 e. The third kappa shape index (κ3) is 5.50. The second-order valence-electron chi connectivity index (χ2n) is 8.35. The van der Waals surface area contributed by atoms with Crippen LogP contribution in [0.25, 0.3) is 11.1 Å². The van der Waals surface area contributed by atoms with E-state index in [1.165, 1.54) is 10.7 Å². The number of hydrogen-bond donors (Lipinski definition) is 2. The number of benzene rings is 3. The van der Waals surface area contributed by atoms with E-state index in [2.05, 4.69) is 21.1 Å². The minimum Gasteiger partial charge on any atom is -0.449 e. The van der Waals surface area contributed by atoms with Crippen LogP contribution in [0.5, 0.6) is 5.75 Å². The van der Waals surface area contributed by atoms with Crippen molar-refractivity contribution in [1.82, 2.24) is 9.78 Å². The number of aromatic nitrogens is 2. The van der Waals surface area contributed by atoms with Crippen molar-refractivity contribution < 1.29 is 19.8 Å². The van der Waals surface area contributed by atoms with Crippen LogP contribution in [0.3, 0.4) is 0 Å². The van der Waals surface area contributed by atoms with E-state index in [-0.39, 0.29) is 17.2 Å². The lowest BCUT2D eigenvalue weighted by molar-refractivity contribution is 0.144. The first-order valence-corrected chi connectivity index (χ1v) is 11.3. The van der Waals surface area contributed by atoms with Crippen molar-refractivity contribution >= 4 is 11.9 Å². The maximum atomic E-state index is 11.8. The maximum absolute atomic E-state index is 11.8. The summed E-state index contributed by atoms with van der Waals surface area (Å²) in [6.07, 6.45) is -0.985. The van der Waals surface area contributed by atoms with Gasteiger partial charge in [0.1, 0.15) is 17.2 Å². The van der Waals surface area contributed by atoms with Crippen LogP contribution < -0.4 is 10.3 Å². The summed E-state index contributed by atoms with van der Waals surface area (Å²) in [6.45, 7) is 2.04. The van der Waals surface area contributed by atoms with Gasteiger partial charge in [0.05, 0.1) is 0 Å². The molecule has 4 rings (SSSR count). The van der Waals surface area contributed by atoms with Gasteiger partial charge in [0.2, 0.25) is 0 Å². The topological polar surface area (TPSA) is 114 Å². The van der Waals surface area contributed by atoms with Crippen LogP contribution in [0.1, 0.15) is 34.7 Å². The Morgan fingerprint density at radius 1 is 0.972 bits per heavy atom. The number of rotatable bonds is 7. The second-order valence-corrected chi connectivity index (χ2v) is 8.35. The molecule has 2 N–H and O–H groups in total. The lowest BCUT2D eigenvalue weighted by Gasteiger charge is -2.21. The quantitative estimate of drug-likeness (QED) is 0.123. The minimum atomic E-state index is -1.35. The summed E-state index contributed by atoms with van der Waals surface area (Å²) in [5.74, 6) is 0.127. The average molecular weight is 484 g/mol. The zero-order valence-electron chi connectivity index (χ0n) is 19.8. The molecule has 0 spiro atoms. The predicted molar refractivity (Wildman–Crippen MR) is 136 cm³/mol. The van der Waals surface area contributed by atoms with Gasteiger partial charge in [0, 0.05) is 25.5 Å². The van der Waals surface area contributed by atoms with E-state index in [0.29, 0.717) is 17.8 Å². The molecular formula is C28H25N3O5. The van der Waals surface area contributed by atoms with Gasteiger partial charge in [0.25, 0.3) is 5.56 Å². The van der Waals surface area contributed by atoms with Crippen molar-refractivity contribution in [2.75, 3.05) is 0 Å². The summed E-state index contributed by atoms with van der Waals surface area (Å²) in [5.41, 5.74) is 5.64. The molecule has 0 saturated heterocycles. The van der Waals surface area contributed by atoms with Crippen LogP contribution in [0.2, 0.25) is 0 Å². The van der Waals surface area contributed by atoms with Gasteiger partial charge in [0.15, 0.2) is 0 Å². The van der Waals surface area contributed by atoms with Crippen LogP contribution in [0.15, 0.2) is 94.9 Å². The Balaban J connectivity index is 1.67.